The summed E-state index contributed by atoms with van der Waals surface area (Å²) in [5.41, 5.74) is 0. The second-order valence-corrected chi connectivity index (χ2v) is 7.97. The van der Waals surface area contributed by atoms with Crippen molar-refractivity contribution in [1.82, 2.24) is 0 Å². The Balaban J connectivity index is 4.13. The van der Waals surface area contributed by atoms with Gasteiger partial charge in [-0.05, 0) is 40.5 Å². The van der Waals surface area contributed by atoms with Crippen LogP contribution >= 0.6 is 0 Å². The molecule has 0 aliphatic heterocycles. The second-order valence-electron chi connectivity index (χ2n) is 7.97. The van der Waals surface area contributed by atoms with Crippen molar-refractivity contribution in [2.24, 2.45) is 11.8 Å². The number of hydrogen-bond donors (Lipinski definition) is 0. The molecule has 0 aliphatic carbocycles. The normalized spacial score (nSPS) is 12.5. The van der Waals surface area contributed by atoms with E-state index in [-0.39, 0.29) is 36.7 Å². The van der Waals surface area contributed by atoms with E-state index in [0.717, 1.165) is 44.9 Å². The summed E-state index contributed by atoms with van der Waals surface area (Å²) in [4.78, 5) is 47.6. The number of carbonyl (C=O) groups is 4. The summed E-state index contributed by atoms with van der Waals surface area (Å²) in [6.07, 6.45) is 8.18. The van der Waals surface area contributed by atoms with Gasteiger partial charge < -0.3 is 18.9 Å². The molecular weight excluding hydrogens is 428 g/mol. The summed E-state index contributed by atoms with van der Waals surface area (Å²) in [6.45, 7) is 8.21. The molecule has 33 heavy (non-hydrogen) atoms. The van der Waals surface area contributed by atoms with Crippen LogP contribution in [-0.2, 0) is 38.1 Å². The summed E-state index contributed by atoms with van der Waals surface area (Å²) < 4.78 is 20.1. The first kappa shape index (κ1) is 30.9. The minimum atomic E-state index is -0.441. The standard InChI is InChI=1S/C25H44O8/c1-5-30-22(26)18-20(24(28)32-7-3)16-14-12-10-9-11-13-15-17-21(25(29)33-8-4)19-23(27)31-6-2/h20-21H,5-19H2,1-4H3. The molecule has 0 fully saturated rings. The Morgan fingerprint density at radius 2 is 0.788 bits per heavy atom. The molecule has 0 aromatic carbocycles. The van der Waals surface area contributed by atoms with Gasteiger partial charge in [0.2, 0.25) is 0 Å². The van der Waals surface area contributed by atoms with Crippen molar-refractivity contribution >= 4 is 23.9 Å². The molecule has 0 radical (unpaired) electrons. The maximum absolute atomic E-state index is 12.1. The van der Waals surface area contributed by atoms with Crippen LogP contribution in [0.4, 0.5) is 0 Å². The lowest BCUT2D eigenvalue weighted by molar-refractivity contribution is -0.155. The Bertz CT molecular complexity index is 513. The molecule has 0 saturated heterocycles. The van der Waals surface area contributed by atoms with Gasteiger partial charge in [0, 0.05) is 0 Å². The maximum atomic E-state index is 12.1. The summed E-state index contributed by atoms with van der Waals surface area (Å²) >= 11 is 0. The molecule has 0 aromatic heterocycles. The molecule has 0 heterocycles. The highest BCUT2D eigenvalue weighted by Crippen LogP contribution is 2.20. The van der Waals surface area contributed by atoms with E-state index in [9.17, 15) is 19.2 Å². The van der Waals surface area contributed by atoms with Gasteiger partial charge in [0.1, 0.15) is 0 Å². The van der Waals surface area contributed by atoms with E-state index >= 15 is 0 Å². The zero-order valence-electron chi connectivity index (χ0n) is 21.0. The van der Waals surface area contributed by atoms with Crippen molar-refractivity contribution in [1.29, 1.82) is 0 Å². The van der Waals surface area contributed by atoms with E-state index in [4.69, 9.17) is 18.9 Å². The van der Waals surface area contributed by atoms with Gasteiger partial charge in [0.05, 0.1) is 51.1 Å². The van der Waals surface area contributed by atoms with Gasteiger partial charge in [-0.1, -0.05) is 44.9 Å². The molecule has 0 rings (SSSR count). The second kappa shape index (κ2) is 20.5. The monoisotopic (exact) mass is 472 g/mol. The van der Waals surface area contributed by atoms with E-state index in [2.05, 4.69) is 0 Å². The minimum Gasteiger partial charge on any atom is -0.466 e. The van der Waals surface area contributed by atoms with Crippen LogP contribution in [0.1, 0.15) is 98.3 Å². The fourth-order valence-electron chi connectivity index (χ4n) is 3.63. The first-order valence-corrected chi connectivity index (χ1v) is 12.5. The van der Waals surface area contributed by atoms with Crippen LogP contribution in [0.3, 0.4) is 0 Å². The van der Waals surface area contributed by atoms with Crippen molar-refractivity contribution < 1.29 is 38.1 Å². The molecule has 0 spiro atoms. The Labute approximate surface area is 199 Å². The molecule has 2 unspecified atom stereocenters. The highest BCUT2D eigenvalue weighted by Gasteiger charge is 2.24. The molecule has 8 nitrogen and oxygen atoms in total. The largest absolute Gasteiger partial charge is 0.466 e. The van der Waals surface area contributed by atoms with E-state index < -0.39 is 11.8 Å². The van der Waals surface area contributed by atoms with Gasteiger partial charge in [-0.15, -0.1) is 0 Å². The third-order valence-electron chi connectivity index (χ3n) is 5.28. The van der Waals surface area contributed by atoms with Gasteiger partial charge in [-0.2, -0.15) is 0 Å². The van der Waals surface area contributed by atoms with Gasteiger partial charge in [-0.3, -0.25) is 19.2 Å². The number of hydrogen-bond acceptors (Lipinski definition) is 8. The average molecular weight is 473 g/mol. The summed E-state index contributed by atoms with van der Waals surface area (Å²) in [6, 6.07) is 0. The highest BCUT2D eigenvalue weighted by molar-refractivity contribution is 5.80. The average Bonchev–Trinajstić information content (AvgIpc) is 2.76. The third kappa shape index (κ3) is 16.2. The van der Waals surface area contributed by atoms with Crippen LogP contribution in [0.2, 0.25) is 0 Å². The van der Waals surface area contributed by atoms with Crippen LogP contribution in [0.15, 0.2) is 0 Å². The van der Waals surface area contributed by atoms with Crippen LogP contribution in [0.25, 0.3) is 0 Å². The van der Waals surface area contributed by atoms with E-state index in [0.29, 0.717) is 39.3 Å². The van der Waals surface area contributed by atoms with Crippen LogP contribution < -0.4 is 0 Å². The van der Waals surface area contributed by atoms with E-state index in [1.165, 1.54) is 0 Å². The zero-order valence-corrected chi connectivity index (χ0v) is 21.0. The van der Waals surface area contributed by atoms with Gasteiger partial charge >= 0.3 is 23.9 Å². The molecular formula is C25H44O8. The molecule has 0 aliphatic rings. The van der Waals surface area contributed by atoms with E-state index in [1.807, 2.05) is 0 Å². The van der Waals surface area contributed by atoms with Crippen LogP contribution in [0.5, 0.6) is 0 Å². The quantitative estimate of drug-likeness (QED) is 0.142. The minimum absolute atomic E-state index is 0.0695. The number of esters is 4. The van der Waals surface area contributed by atoms with Crippen molar-refractivity contribution in [3.05, 3.63) is 0 Å². The third-order valence-corrected chi connectivity index (χ3v) is 5.28. The fraction of sp³-hybridized carbons (Fsp3) is 0.840. The number of unbranched alkanes of at least 4 members (excludes halogenated alkanes) is 6. The Kier molecular flexibility index (Phi) is 19.2. The molecule has 0 saturated carbocycles. The summed E-state index contributed by atoms with van der Waals surface area (Å²) in [7, 11) is 0. The molecule has 0 aromatic rings. The molecule has 0 N–H and O–H groups in total. The van der Waals surface area contributed by atoms with Crippen LogP contribution in [0, 0.1) is 11.8 Å². The highest BCUT2D eigenvalue weighted by atomic mass is 16.5. The summed E-state index contributed by atoms with van der Waals surface area (Å²) in [5, 5.41) is 0. The molecule has 8 heteroatoms. The molecule has 0 bridgehead atoms. The lowest BCUT2D eigenvalue weighted by Gasteiger charge is -2.15. The lowest BCUT2D eigenvalue weighted by atomic mass is 9.96. The smallest absolute Gasteiger partial charge is 0.309 e. The Hall–Kier alpha value is -2.12. The number of ether oxygens (including phenoxy) is 4. The first-order valence-electron chi connectivity index (χ1n) is 12.5. The SMILES string of the molecule is CCOC(=O)CC(CCCCCCCCCC(CC(=O)OCC)C(=O)OCC)C(=O)OCC. The van der Waals surface area contributed by atoms with E-state index in [1.54, 1.807) is 27.7 Å². The summed E-state index contributed by atoms with van der Waals surface area (Å²) in [5.74, 6) is -2.26. The fourth-order valence-corrected chi connectivity index (χ4v) is 3.63. The topological polar surface area (TPSA) is 105 Å². The molecule has 192 valence electrons. The van der Waals surface area contributed by atoms with Gasteiger partial charge in [0.25, 0.3) is 0 Å². The predicted molar refractivity (Wildman–Crippen MR) is 124 cm³/mol. The first-order chi connectivity index (χ1) is 15.9. The van der Waals surface area contributed by atoms with Crippen molar-refractivity contribution in [3.8, 4) is 0 Å². The lowest BCUT2D eigenvalue weighted by Crippen LogP contribution is -2.22. The number of carbonyl (C=O) groups excluding carboxylic acids is 4. The number of rotatable bonds is 20. The van der Waals surface area contributed by atoms with Crippen molar-refractivity contribution in [2.45, 2.75) is 98.3 Å². The zero-order chi connectivity index (χ0) is 24.9. The maximum Gasteiger partial charge on any atom is 0.309 e. The van der Waals surface area contributed by atoms with Gasteiger partial charge in [0.15, 0.2) is 0 Å². The van der Waals surface area contributed by atoms with Crippen LogP contribution in [-0.4, -0.2) is 50.3 Å². The molecule has 0 amide bonds. The molecule has 2 atom stereocenters. The Morgan fingerprint density at radius 3 is 1.09 bits per heavy atom. The van der Waals surface area contributed by atoms with Crippen molar-refractivity contribution in [2.75, 3.05) is 26.4 Å². The van der Waals surface area contributed by atoms with Gasteiger partial charge in [-0.25, -0.2) is 0 Å². The predicted octanol–water partition coefficient (Wildman–Crippen LogP) is 4.76. The van der Waals surface area contributed by atoms with Crippen molar-refractivity contribution in [3.63, 3.8) is 0 Å². The Morgan fingerprint density at radius 1 is 0.485 bits per heavy atom.